The number of carbonyl (C=O) groups excluding carboxylic acids is 1. The Morgan fingerprint density at radius 1 is 1.54 bits per heavy atom. The molecule has 0 N–H and O–H groups in total. The first-order valence-electron chi connectivity index (χ1n) is 4.26. The van der Waals surface area contributed by atoms with Crippen molar-refractivity contribution in [1.82, 2.24) is 4.98 Å². The van der Waals surface area contributed by atoms with Gasteiger partial charge in [0.15, 0.2) is 5.13 Å². The van der Waals surface area contributed by atoms with Crippen molar-refractivity contribution in [2.45, 2.75) is 27.2 Å². The third-order valence-electron chi connectivity index (χ3n) is 1.98. The molecule has 0 aromatic carbocycles. The summed E-state index contributed by atoms with van der Waals surface area (Å²) in [4.78, 5) is 18.4. The van der Waals surface area contributed by atoms with E-state index in [-0.39, 0.29) is 5.91 Å². The summed E-state index contributed by atoms with van der Waals surface area (Å²) in [6.07, 6.45) is 0.522. The molecule has 0 atom stereocenters. The van der Waals surface area contributed by atoms with Gasteiger partial charge in [0.25, 0.3) is 0 Å². The molecule has 0 radical (unpaired) electrons. The monoisotopic (exact) mass is 198 g/mol. The predicted molar refractivity (Wildman–Crippen MR) is 55.3 cm³/mol. The lowest BCUT2D eigenvalue weighted by Gasteiger charge is -2.11. The number of rotatable bonds is 2. The molecule has 3 nitrogen and oxygen atoms in total. The molecule has 0 aliphatic heterocycles. The molecule has 1 heterocycles. The Kier molecular flexibility index (Phi) is 3.03. The third kappa shape index (κ3) is 2.06. The quantitative estimate of drug-likeness (QED) is 0.729. The van der Waals surface area contributed by atoms with Gasteiger partial charge < -0.3 is 0 Å². The molecular weight excluding hydrogens is 184 g/mol. The van der Waals surface area contributed by atoms with Gasteiger partial charge in [0, 0.05) is 18.3 Å². The van der Waals surface area contributed by atoms with Crippen LogP contribution in [0.15, 0.2) is 0 Å². The highest BCUT2D eigenvalue weighted by Gasteiger charge is 2.13. The summed E-state index contributed by atoms with van der Waals surface area (Å²) in [5.41, 5.74) is 1.01. The number of anilines is 1. The van der Waals surface area contributed by atoms with Gasteiger partial charge in [0.2, 0.25) is 5.91 Å². The fourth-order valence-electron chi connectivity index (χ4n) is 0.943. The average molecular weight is 198 g/mol. The topological polar surface area (TPSA) is 33.2 Å². The number of carbonyl (C=O) groups is 1. The van der Waals surface area contributed by atoms with Crippen molar-refractivity contribution in [3.05, 3.63) is 10.6 Å². The van der Waals surface area contributed by atoms with E-state index in [9.17, 15) is 4.79 Å². The molecule has 0 saturated carbocycles. The lowest BCUT2D eigenvalue weighted by molar-refractivity contribution is -0.118. The Balaban J connectivity index is 2.89. The number of aromatic nitrogens is 1. The summed E-state index contributed by atoms with van der Waals surface area (Å²) in [6, 6.07) is 0. The number of aryl methyl sites for hydroxylation is 2. The van der Waals surface area contributed by atoms with E-state index in [1.807, 2.05) is 20.8 Å². The van der Waals surface area contributed by atoms with Gasteiger partial charge in [-0.25, -0.2) is 4.98 Å². The Hall–Kier alpha value is -0.900. The normalized spacial score (nSPS) is 10.2. The first kappa shape index (κ1) is 10.2. The molecule has 0 saturated heterocycles. The van der Waals surface area contributed by atoms with Crippen molar-refractivity contribution >= 4 is 22.4 Å². The maximum atomic E-state index is 11.3. The van der Waals surface area contributed by atoms with Gasteiger partial charge in [0.05, 0.1) is 5.69 Å². The number of amides is 1. The first-order valence-corrected chi connectivity index (χ1v) is 5.08. The van der Waals surface area contributed by atoms with E-state index in [1.54, 1.807) is 23.3 Å². The number of hydrogen-bond donors (Lipinski definition) is 0. The Morgan fingerprint density at radius 3 is 2.54 bits per heavy atom. The molecule has 1 aromatic rings. The lowest BCUT2D eigenvalue weighted by atomic mass is 10.4. The number of nitrogens with zero attached hydrogens (tertiary/aromatic N) is 2. The van der Waals surface area contributed by atoms with Gasteiger partial charge in [0.1, 0.15) is 0 Å². The molecule has 4 heteroatoms. The Bertz CT molecular complexity index is 300. The SMILES string of the molecule is CCC(=O)N(C)c1nc(C)c(C)s1. The van der Waals surface area contributed by atoms with E-state index in [0.717, 1.165) is 10.8 Å². The molecule has 1 rings (SSSR count). The number of hydrogen-bond acceptors (Lipinski definition) is 3. The molecule has 0 aliphatic rings. The molecule has 0 spiro atoms. The molecule has 1 amide bonds. The van der Waals surface area contributed by atoms with E-state index in [1.165, 1.54) is 4.88 Å². The second-order valence-corrected chi connectivity index (χ2v) is 4.13. The van der Waals surface area contributed by atoms with Crippen molar-refractivity contribution in [2.24, 2.45) is 0 Å². The minimum Gasteiger partial charge on any atom is -0.291 e. The van der Waals surface area contributed by atoms with Gasteiger partial charge in [-0.2, -0.15) is 0 Å². The largest absolute Gasteiger partial charge is 0.291 e. The summed E-state index contributed by atoms with van der Waals surface area (Å²) < 4.78 is 0. The minimum absolute atomic E-state index is 0.105. The van der Waals surface area contributed by atoms with Crippen molar-refractivity contribution in [1.29, 1.82) is 0 Å². The fraction of sp³-hybridized carbons (Fsp3) is 0.556. The molecule has 0 aliphatic carbocycles. The molecule has 1 aromatic heterocycles. The standard InChI is InChI=1S/C9H14N2OS/c1-5-8(12)11(4)9-10-6(2)7(3)13-9/h5H2,1-4H3. The first-order chi connectivity index (χ1) is 6.06. The van der Waals surface area contributed by atoms with Crippen LogP contribution in [-0.2, 0) is 4.79 Å². The van der Waals surface area contributed by atoms with Gasteiger partial charge in [-0.05, 0) is 13.8 Å². The zero-order chi connectivity index (χ0) is 10.0. The van der Waals surface area contributed by atoms with Crippen LogP contribution in [-0.4, -0.2) is 17.9 Å². The smallest absolute Gasteiger partial charge is 0.228 e. The predicted octanol–water partition coefficient (Wildman–Crippen LogP) is 2.13. The second kappa shape index (κ2) is 3.87. The van der Waals surface area contributed by atoms with Crippen LogP contribution in [0.5, 0.6) is 0 Å². The maximum Gasteiger partial charge on any atom is 0.228 e. The minimum atomic E-state index is 0.105. The highest BCUT2D eigenvalue weighted by atomic mass is 32.1. The van der Waals surface area contributed by atoms with E-state index >= 15 is 0 Å². The Labute approximate surface area is 82.4 Å². The van der Waals surface area contributed by atoms with E-state index in [2.05, 4.69) is 4.98 Å². The highest BCUT2D eigenvalue weighted by molar-refractivity contribution is 7.15. The van der Waals surface area contributed by atoms with Crippen molar-refractivity contribution in [3.63, 3.8) is 0 Å². The van der Waals surface area contributed by atoms with Gasteiger partial charge >= 0.3 is 0 Å². The van der Waals surface area contributed by atoms with E-state index in [4.69, 9.17) is 0 Å². The van der Waals surface area contributed by atoms with Gasteiger partial charge in [-0.1, -0.05) is 6.92 Å². The Morgan fingerprint density at radius 2 is 2.15 bits per heavy atom. The number of thiazole rings is 1. The highest BCUT2D eigenvalue weighted by Crippen LogP contribution is 2.24. The van der Waals surface area contributed by atoms with Crippen LogP contribution in [0.1, 0.15) is 23.9 Å². The average Bonchev–Trinajstić information content (AvgIpc) is 2.44. The summed E-state index contributed by atoms with van der Waals surface area (Å²) in [5, 5.41) is 0.793. The molecule has 0 fully saturated rings. The summed E-state index contributed by atoms with van der Waals surface area (Å²) in [7, 11) is 1.77. The van der Waals surface area contributed by atoms with Crippen LogP contribution in [0.4, 0.5) is 5.13 Å². The second-order valence-electron chi connectivity index (χ2n) is 2.94. The van der Waals surface area contributed by atoms with E-state index < -0.39 is 0 Å². The summed E-state index contributed by atoms with van der Waals surface area (Å²) in [5.74, 6) is 0.105. The molecule has 72 valence electrons. The van der Waals surface area contributed by atoms with Crippen molar-refractivity contribution in [2.75, 3.05) is 11.9 Å². The van der Waals surface area contributed by atoms with E-state index in [0.29, 0.717) is 6.42 Å². The zero-order valence-electron chi connectivity index (χ0n) is 8.42. The van der Waals surface area contributed by atoms with Gasteiger partial charge in [-0.3, -0.25) is 9.69 Å². The van der Waals surface area contributed by atoms with Crippen LogP contribution < -0.4 is 4.90 Å². The van der Waals surface area contributed by atoms with Crippen LogP contribution >= 0.6 is 11.3 Å². The summed E-state index contributed by atoms with van der Waals surface area (Å²) >= 11 is 1.56. The summed E-state index contributed by atoms with van der Waals surface area (Å²) in [6.45, 7) is 5.83. The van der Waals surface area contributed by atoms with Gasteiger partial charge in [-0.15, -0.1) is 11.3 Å². The lowest BCUT2D eigenvalue weighted by Crippen LogP contribution is -2.24. The van der Waals surface area contributed by atoms with Crippen molar-refractivity contribution < 1.29 is 4.79 Å². The third-order valence-corrected chi connectivity index (χ3v) is 3.13. The van der Waals surface area contributed by atoms with Crippen molar-refractivity contribution in [3.8, 4) is 0 Å². The van der Waals surface area contributed by atoms with Crippen LogP contribution in [0.25, 0.3) is 0 Å². The molecular formula is C9H14N2OS. The molecule has 0 bridgehead atoms. The van der Waals surface area contributed by atoms with Crippen LogP contribution in [0, 0.1) is 13.8 Å². The fourth-order valence-corrected chi connectivity index (χ4v) is 1.83. The van der Waals surface area contributed by atoms with Crippen LogP contribution in [0.3, 0.4) is 0 Å². The molecule has 13 heavy (non-hydrogen) atoms. The zero-order valence-corrected chi connectivity index (χ0v) is 9.23. The van der Waals surface area contributed by atoms with Crippen LogP contribution in [0.2, 0.25) is 0 Å². The maximum absolute atomic E-state index is 11.3. The molecule has 0 unspecified atom stereocenters.